The lowest BCUT2D eigenvalue weighted by atomic mass is 10.0. The summed E-state index contributed by atoms with van der Waals surface area (Å²) in [6.07, 6.45) is 5.98. The molecule has 3 aromatic rings. The second-order valence-electron chi connectivity index (χ2n) is 5.76. The second kappa shape index (κ2) is 5.34. The van der Waals surface area contributed by atoms with Gasteiger partial charge in [0.2, 0.25) is 0 Å². The van der Waals surface area contributed by atoms with Crippen LogP contribution >= 0.6 is 0 Å². The van der Waals surface area contributed by atoms with Crippen LogP contribution in [0, 0.1) is 0 Å². The molecule has 3 heteroatoms. The Balaban J connectivity index is 1.51. The van der Waals surface area contributed by atoms with E-state index in [1.807, 2.05) is 12.4 Å². The fraction of sp³-hybridized carbons (Fsp3) is 0.278. The molecule has 0 spiro atoms. The van der Waals surface area contributed by atoms with Crippen LogP contribution in [0.15, 0.2) is 48.8 Å². The van der Waals surface area contributed by atoms with Gasteiger partial charge in [-0.25, -0.2) is 0 Å². The Bertz CT molecular complexity index is 746. The SMILES string of the molecule is c1ccc2c3c([nH]c2c1)CCN(CCc1ccncc1)C3. The maximum Gasteiger partial charge on any atom is 0.0459 e. The monoisotopic (exact) mass is 277 g/mol. The molecule has 0 unspecified atom stereocenters. The van der Waals surface area contributed by atoms with Gasteiger partial charge in [0.25, 0.3) is 0 Å². The first-order valence-corrected chi connectivity index (χ1v) is 7.60. The van der Waals surface area contributed by atoms with Gasteiger partial charge < -0.3 is 4.98 Å². The summed E-state index contributed by atoms with van der Waals surface area (Å²) >= 11 is 0. The molecule has 0 saturated carbocycles. The Hall–Kier alpha value is -2.13. The number of hydrogen-bond donors (Lipinski definition) is 1. The summed E-state index contributed by atoms with van der Waals surface area (Å²) < 4.78 is 0. The maximum absolute atomic E-state index is 4.08. The van der Waals surface area contributed by atoms with Gasteiger partial charge in [-0.05, 0) is 35.7 Å². The van der Waals surface area contributed by atoms with Crippen LogP contribution in [0.4, 0.5) is 0 Å². The molecule has 0 saturated heterocycles. The van der Waals surface area contributed by atoms with Gasteiger partial charge in [0.1, 0.15) is 0 Å². The van der Waals surface area contributed by atoms with Gasteiger partial charge in [0.15, 0.2) is 0 Å². The van der Waals surface area contributed by atoms with Crippen LogP contribution < -0.4 is 0 Å². The van der Waals surface area contributed by atoms with Crippen LogP contribution in [-0.4, -0.2) is 28.0 Å². The molecule has 3 nitrogen and oxygen atoms in total. The molecule has 0 radical (unpaired) electrons. The lowest BCUT2D eigenvalue weighted by Gasteiger charge is -2.27. The molecule has 0 amide bonds. The molecular formula is C18H19N3. The van der Waals surface area contributed by atoms with Crippen molar-refractivity contribution in [1.82, 2.24) is 14.9 Å². The van der Waals surface area contributed by atoms with E-state index in [0.717, 1.165) is 32.5 Å². The van der Waals surface area contributed by atoms with Crippen molar-refractivity contribution in [3.8, 4) is 0 Å². The fourth-order valence-corrected chi connectivity index (χ4v) is 3.25. The van der Waals surface area contributed by atoms with Gasteiger partial charge >= 0.3 is 0 Å². The third-order valence-electron chi connectivity index (χ3n) is 4.43. The average molecular weight is 277 g/mol. The van der Waals surface area contributed by atoms with Crippen LogP contribution in [0.2, 0.25) is 0 Å². The van der Waals surface area contributed by atoms with Gasteiger partial charge in [0, 0.05) is 55.0 Å². The predicted octanol–water partition coefficient (Wildman–Crippen LogP) is 3.16. The number of nitrogens with zero attached hydrogens (tertiary/aromatic N) is 2. The van der Waals surface area contributed by atoms with Gasteiger partial charge in [0.05, 0.1) is 0 Å². The number of aromatic amines is 1. The van der Waals surface area contributed by atoms with Crippen molar-refractivity contribution in [2.24, 2.45) is 0 Å². The average Bonchev–Trinajstić information content (AvgIpc) is 2.92. The van der Waals surface area contributed by atoms with E-state index in [2.05, 4.69) is 51.3 Å². The van der Waals surface area contributed by atoms with E-state index in [1.165, 1.54) is 27.7 Å². The molecule has 1 N–H and O–H groups in total. The van der Waals surface area contributed by atoms with E-state index in [4.69, 9.17) is 0 Å². The molecule has 0 bridgehead atoms. The third-order valence-corrected chi connectivity index (χ3v) is 4.43. The van der Waals surface area contributed by atoms with Crippen molar-refractivity contribution in [1.29, 1.82) is 0 Å². The number of aromatic nitrogens is 2. The van der Waals surface area contributed by atoms with Crippen molar-refractivity contribution in [3.63, 3.8) is 0 Å². The normalized spacial score (nSPS) is 15.2. The van der Waals surface area contributed by atoms with E-state index < -0.39 is 0 Å². The molecule has 21 heavy (non-hydrogen) atoms. The van der Waals surface area contributed by atoms with Crippen molar-refractivity contribution >= 4 is 10.9 Å². The summed E-state index contributed by atoms with van der Waals surface area (Å²) in [5, 5.41) is 1.39. The van der Waals surface area contributed by atoms with E-state index in [-0.39, 0.29) is 0 Å². The van der Waals surface area contributed by atoms with E-state index in [1.54, 1.807) is 0 Å². The molecule has 1 aliphatic rings. The minimum Gasteiger partial charge on any atom is -0.358 e. The Labute approximate surface area is 124 Å². The zero-order chi connectivity index (χ0) is 14.1. The Morgan fingerprint density at radius 3 is 2.86 bits per heavy atom. The fourth-order valence-electron chi connectivity index (χ4n) is 3.25. The van der Waals surface area contributed by atoms with E-state index >= 15 is 0 Å². The summed E-state index contributed by atoms with van der Waals surface area (Å²) in [6.45, 7) is 3.32. The van der Waals surface area contributed by atoms with E-state index in [0.29, 0.717) is 0 Å². The van der Waals surface area contributed by atoms with Gasteiger partial charge in [-0.3, -0.25) is 9.88 Å². The van der Waals surface area contributed by atoms with Crippen LogP contribution in [0.1, 0.15) is 16.8 Å². The van der Waals surface area contributed by atoms with Gasteiger partial charge in [-0.1, -0.05) is 18.2 Å². The molecule has 0 atom stereocenters. The zero-order valence-corrected chi connectivity index (χ0v) is 12.0. The number of pyridine rings is 1. The molecule has 3 heterocycles. The van der Waals surface area contributed by atoms with Gasteiger partial charge in [-0.2, -0.15) is 0 Å². The third kappa shape index (κ3) is 2.45. The Morgan fingerprint density at radius 2 is 1.95 bits per heavy atom. The standard InChI is InChI=1S/C18H19N3/c1-2-4-17-15(3-1)16-13-21(12-8-18(16)20-17)11-7-14-5-9-19-10-6-14/h1-6,9-10,20H,7-8,11-13H2. The first-order valence-electron chi connectivity index (χ1n) is 7.60. The molecule has 1 aromatic carbocycles. The van der Waals surface area contributed by atoms with Crippen LogP contribution in [0.5, 0.6) is 0 Å². The number of rotatable bonds is 3. The predicted molar refractivity (Wildman–Crippen MR) is 85.2 cm³/mol. The summed E-state index contributed by atoms with van der Waals surface area (Å²) in [7, 11) is 0. The minimum absolute atomic E-state index is 1.06. The van der Waals surface area contributed by atoms with Crippen molar-refractivity contribution in [3.05, 3.63) is 65.6 Å². The van der Waals surface area contributed by atoms with Crippen LogP contribution in [-0.2, 0) is 19.4 Å². The summed E-state index contributed by atoms with van der Waals surface area (Å²) in [5.74, 6) is 0. The molecule has 0 aliphatic carbocycles. The quantitative estimate of drug-likeness (QED) is 0.797. The summed E-state index contributed by atoms with van der Waals surface area (Å²) in [5.41, 5.74) is 5.57. The Kier molecular flexibility index (Phi) is 3.20. The summed E-state index contributed by atoms with van der Waals surface area (Å²) in [4.78, 5) is 10.2. The molecule has 4 rings (SSSR count). The van der Waals surface area contributed by atoms with Crippen LogP contribution in [0.25, 0.3) is 10.9 Å². The first kappa shape index (κ1) is 12.6. The highest BCUT2D eigenvalue weighted by atomic mass is 15.1. The highest BCUT2D eigenvalue weighted by Gasteiger charge is 2.19. The molecular weight excluding hydrogens is 258 g/mol. The number of benzene rings is 1. The van der Waals surface area contributed by atoms with Crippen molar-refractivity contribution in [2.45, 2.75) is 19.4 Å². The Morgan fingerprint density at radius 1 is 1.10 bits per heavy atom. The largest absolute Gasteiger partial charge is 0.358 e. The highest BCUT2D eigenvalue weighted by molar-refractivity contribution is 5.84. The summed E-state index contributed by atoms with van der Waals surface area (Å²) in [6, 6.07) is 12.9. The second-order valence-corrected chi connectivity index (χ2v) is 5.76. The number of nitrogens with one attached hydrogen (secondary N) is 1. The zero-order valence-electron chi connectivity index (χ0n) is 12.0. The maximum atomic E-state index is 4.08. The van der Waals surface area contributed by atoms with Crippen molar-refractivity contribution in [2.75, 3.05) is 13.1 Å². The highest BCUT2D eigenvalue weighted by Crippen LogP contribution is 2.27. The van der Waals surface area contributed by atoms with Gasteiger partial charge in [-0.15, -0.1) is 0 Å². The lowest BCUT2D eigenvalue weighted by Crippen LogP contribution is -2.32. The molecule has 0 fully saturated rings. The minimum atomic E-state index is 1.06. The number of hydrogen-bond acceptors (Lipinski definition) is 2. The lowest BCUT2D eigenvalue weighted by molar-refractivity contribution is 0.257. The molecule has 106 valence electrons. The smallest absolute Gasteiger partial charge is 0.0459 e. The van der Waals surface area contributed by atoms with E-state index in [9.17, 15) is 0 Å². The molecule has 1 aliphatic heterocycles. The van der Waals surface area contributed by atoms with Crippen molar-refractivity contribution < 1.29 is 0 Å². The van der Waals surface area contributed by atoms with Crippen LogP contribution in [0.3, 0.4) is 0 Å². The number of H-pyrrole nitrogens is 1. The topological polar surface area (TPSA) is 31.9 Å². The number of para-hydroxylation sites is 1. The molecule has 2 aromatic heterocycles. The first-order chi connectivity index (χ1) is 10.4. The number of fused-ring (bicyclic) bond motifs is 3.